The van der Waals surface area contributed by atoms with Crippen molar-refractivity contribution in [1.82, 2.24) is 10.2 Å². The Labute approximate surface area is 126 Å². The minimum atomic E-state index is 0.364. The Bertz CT molecular complexity index is 302. The Morgan fingerprint density at radius 1 is 1.05 bits per heavy atom. The molecular formula is C18H34N2. The molecule has 0 atom stereocenters. The molecule has 0 aromatic rings. The molecule has 2 heterocycles. The molecule has 0 saturated carbocycles. The molecule has 0 bridgehead atoms. The Kier molecular flexibility index (Phi) is 5.54. The van der Waals surface area contributed by atoms with Crippen molar-refractivity contribution in [3.05, 3.63) is 12.3 Å². The van der Waals surface area contributed by atoms with E-state index in [2.05, 4.69) is 37.6 Å². The molecule has 0 aromatic heterocycles. The third-order valence-electron chi connectivity index (χ3n) is 4.92. The highest BCUT2D eigenvalue weighted by atomic mass is 15.1. The zero-order valence-corrected chi connectivity index (χ0v) is 13.9. The summed E-state index contributed by atoms with van der Waals surface area (Å²) in [7, 11) is 0. The second-order valence-electron chi connectivity index (χ2n) is 8.16. The SMILES string of the molecule is C=C(CC(C)(C)C)N1CCC(CC2CCNCC2)CC1. The van der Waals surface area contributed by atoms with Crippen LogP contribution in [0.4, 0.5) is 0 Å². The Balaban J connectivity index is 1.70. The molecule has 2 heteroatoms. The van der Waals surface area contributed by atoms with Gasteiger partial charge in [0.2, 0.25) is 0 Å². The highest BCUT2D eigenvalue weighted by molar-refractivity contribution is 4.99. The lowest BCUT2D eigenvalue weighted by atomic mass is 9.82. The van der Waals surface area contributed by atoms with Crippen molar-refractivity contribution in [2.75, 3.05) is 26.2 Å². The van der Waals surface area contributed by atoms with Crippen LogP contribution in [0, 0.1) is 17.3 Å². The Hall–Kier alpha value is -0.500. The van der Waals surface area contributed by atoms with Gasteiger partial charge in [-0.2, -0.15) is 0 Å². The second-order valence-corrected chi connectivity index (χ2v) is 8.16. The summed E-state index contributed by atoms with van der Waals surface area (Å²) < 4.78 is 0. The van der Waals surface area contributed by atoms with Crippen molar-refractivity contribution in [2.24, 2.45) is 17.3 Å². The predicted octanol–water partition coefficient (Wildman–Crippen LogP) is 4.04. The molecule has 0 unspecified atom stereocenters. The van der Waals surface area contributed by atoms with E-state index in [1.54, 1.807) is 0 Å². The number of piperidine rings is 2. The smallest absolute Gasteiger partial charge is 0.0177 e. The maximum absolute atomic E-state index is 4.32. The van der Waals surface area contributed by atoms with E-state index in [1.165, 1.54) is 64.0 Å². The third kappa shape index (κ3) is 5.12. The minimum absolute atomic E-state index is 0.364. The average molecular weight is 278 g/mol. The van der Waals surface area contributed by atoms with Crippen LogP contribution >= 0.6 is 0 Å². The largest absolute Gasteiger partial charge is 0.375 e. The summed E-state index contributed by atoms with van der Waals surface area (Å²) in [5.74, 6) is 1.96. The first-order chi connectivity index (χ1) is 9.44. The molecule has 0 aromatic carbocycles. The van der Waals surface area contributed by atoms with Crippen molar-refractivity contribution < 1.29 is 0 Å². The molecule has 0 spiro atoms. The fourth-order valence-electron chi connectivity index (χ4n) is 3.80. The fourth-order valence-corrected chi connectivity index (χ4v) is 3.80. The van der Waals surface area contributed by atoms with Crippen LogP contribution in [0.15, 0.2) is 12.3 Å². The van der Waals surface area contributed by atoms with Gasteiger partial charge >= 0.3 is 0 Å². The first kappa shape index (κ1) is 15.9. The van der Waals surface area contributed by atoms with Crippen molar-refractivity contribution in [3.8, 4) is 0 Å². The van der Waals surface area contributed by atoms with Crippen LogP contribution in [-0.2, 0) is 0 Å². The first-order valence-electron chi connectivity index (χ1n) is 8.57. The summed E-state index contributed by atoms with van der Waals surface area (Å²) in [4.78, 5) is 2.55. The fraction of sp³-hybridized carbons (Fsp3) is 0.889. The third-order valence-corrected chi connectivity index (χ3v) is 4.92. The molecular weight excluding hydrogens is 244 g/mol. The standard InChI is InChI=1S/C18H34N2/c1-15(14-18(2,3)4)20-11-7-17(8-12-20)13-16-5-9-19-10-6-16/h16-17,19H,1,5-14H2,2-4H3. The van der Waals surface area contributed by atoms with E-state index >= 15 is 0 Å². The van der Waals surface area contributed by atoms with Crippen LogP contribution in [-0.4, -0.2) is 31.1 Å². The van der Waals surface area contributed by atoms with E-state index in [-0.39, 0.29) is 0 Å². The van der Waals surface area contributed by atoms with Crippen LogP contribution in [0.3, 0.4) is 0 Å². The molecule has 2 nitrogen and oxygen atoms in total. The van der Waals surface area contributed by atoms with E-state index < -0.39 is 0 Å². The molecule has 2 rings (SSSR count). The highest BCUT2D eigenvalue weighted by Crippen LogP contribution is 2.31. The van der Waals surface area contributed by atoms with E-state index in [4.69, 9.17) is 0 Å². The van der Waals surface area contributed by atoms with E-state index in [0.29, 0.717) is 5.41 Å². The van der Waals surface area contributed by atoms with Gasteiger partial charge in [0, 0.05) is 18.8 Å². The van der Waals surface area contributed by atoms with E-state index in [1.807, 2.05) is 0 Å². The van der Waals surface area contributed by atoms with Crippen molar-refractivity contribution in [3.63, 3.8) is 0 Å². The summed E-state index contributed by atoms with van der Waals surface area (Å²) in [6.45, 7) is 16.2. The molecule has 2 aliphatic heterocycles. The normalized spacial score (nSPS) is 23.1. The van der Waals surface area contributed by atoms with Gasteiger partial charge in [-0.05, 0) is 68.9 Å². The molecule has 20 heavy (non-hydrogen) atoms. The minimum Gasteiger partial charge on any atom is -0.375 e. The average Bonchev–Trinajstić information content (AvgIpc) is 2.39. The van der Waals surface area contributed by atoms with Gasteiger partial charge < -0.3 is 10.2 Å². The number of nitrogens with one attached hydrogen (secondary N) is 1. The van der Waals surface area contributed by atoms with Gasteiger partial charge in [0.05, 0.1) is 0 Å². The quantitative estimate of drug-likeness (QED) is 0.835. The summed E-state index contributed by atoms with van der Waals surface area (Å²) in [5.41, 5.74) is 1.72. The summed E-state index contributed by atoms with van der Waals surface area (Å²) in [6.07, 6.45) is 8.17. The molecule has 2 aliphatic rings. The van der Waals surface area contributed by atoms with Crippen molar-refractivity contribution in [2.45, 2.75) is 59.3 Å². The predicted molar refractivity (Wildman–Crippen MR) is 87.7 cm³/mol. The molecule has 1 N–H and O–H groups in total. The second kappa shape index (κ2) is 6.98. The first-order valence-corrected chi connectivity index (χ1v) is 8.57. The number of likely N-dealkylation sites (tertiary alicyclic amines) is 1. The molecule has 0 aliphatic carbocycles. The monoisotopic (exact) mass is 278 g/mol. The summed E-state index contributed by atoms with van der Waals surface area (Å²) >= 11 is 0. The van der Waals surface area contributed by atoms with Gasteiger partial charge in [0.1, 0.15) is 0 Å². The maximum Gasteiger partial charge on any atom is 0.0177 e. The number of nitrogens with zero attached hydrogens (tertiary/aromatic N) is 1. The van der Waals surface area contributed by atoms with Gasteiger partial charge in [-0.1, -0.05) is 27.4 Å². The zero-order chi connectivity index (χ0) is 14.6. The highest BCUT2D eigenvalue weighted by Gasteiger charge is 2.25. The molecule has 116 valence electrons. The number of hydrogen-bond acceptors (Lipinski definition) is 2. The van der Waals surface area contributed by atoms with Crippen LogP contribution < -0.4 is 5.32 Å². The van der Waals surface area contributed by atoms with Crippen LogP contribution in [0.5, 0.6) is 0 Å². The zero-order valence-electron chi connectivity index (χ0n) is 13.9. The van der Waals surface area contributed by atoms with Gasteiger partial charge in [0.25, 0.3) is 0 Å². The molecule has 2 saturated heterocycles. The molecule has 2 fully saturated rings. The van der Waals surface area contributed by atoms with Crippen LogP contribution in [0.1, 0.15) is 59.3 Å². The number of rotatable bonds is 4. The topological polar surface area (TPSA) is 15.3 Å². The van der Waals surface area contributed by atoms with Crippen molar-refractivity contribution >= 4 is 0 Å². The van der Waals surface area contributed by atoms with Gasteiger partial charge in [-0.25, -0.2) is 0 Å². The summed E-state index contributed by atoms with van der Waals surface area (Å²) in [6, 6.07) is 0. The number of allylic oxidation sites excluding steroid dienone is 1. The summed E-state index contributed by atoms with van der Waals surface area (Å²) in [5, 5.41) is 3.48. The van der Waals surface area contributed by atoms with E-state index in [0.717, 1.165) is 18.3 Å². The lowest BCUT2D eigenvalue weighted by molar-refractivity contribution is 0.178. The van der Waals surface area contributed by atoms with Gasteiger partial charge in [0.15, 0.2) is 0 Å². The van der Waals surface area contributed by atoms with Gasteiger partial charge in [-0.3, -0.25) is 0 Å². The lowest BCUT2D eigenvalue weighted by Crippen LogP contribution is -2.35. The van der Waals surface area contributed by atoms with E-state index in [9.17, 15) is 0 Å². The molecule has 0 amide bonds. The molecule has 0 radical (unpaired) electrons. The Morgan fingerprint density at radius 3 is 2.15 bits per heavy atom. The van der Waals surface area contributed by atoms with Gasteiger partial charge in [-0.15, -0.1) is 0 Å². The maximum atomic E-state index is 4.32. The van der Waals surface area contributed by atoms with Crippen LogP contribution in [0.2, 0.25) is 0 Å². The lowest BCUT2D eigenvalue weighted by Gasteiger charge is -2.38. The van der Waals surface area contributed by atoms with Crippen molar-refractivity contribution in [1.29, 1.82) is 0 Å². The van der Waals surface area contributed by atoms with Crippen LogP contribution in [0.25, 0.3) is 0 Å². The Morgan fingerprint density at radius 2 is 1.60 bits per heavy atom. The number of hydrogen-bond donors (Lipinski definition) is 1.